The molecule has 5 N–H and O–H groups in total. The van der Waals surface area contributed by atoms with Crippen LogP contribution in [0.1, 0.15) is 65.5 Å². The highest BCUT2D eigenvalue weighted by Crippen LogP contribution is 2.51. The van der Waals surface area contributed by atoms with E-state index in [0.29, 0.717) is 58.8 Å². The van der Waals surface area contributed by atoms with E-state index in [1.54, 1.807) is 29.2 Å². The molecule has 6 aromatic rings. The Morgan fingerprint density at radius 1 is 1.05 bits per heavy atom. The molecule has 2 aliphatic rings. The number of rotatable bonds is 16. The van der Waals surface area contributed by atoms with E-state index in [1.807, 2.05) is 52.8 Å². The van der Waals surface area contributed by atoms with Crippen LogP contribution < -0.4 is 10.9 Å². The Hall–Kier alpha value is -4.97. The van der Waals surface area contributed by atoms with Crippen molar-refractivity contribution in [3.05, 3.63) is 109 Å². The van der Waals surface area contributed by atoms with Gasteiger partial charge in [0, 0.05) is 57.6 Å². The maximum atomic E-state index is 13.4. The highest BCUT2D eigenvalue weighted by Gasteiger charge is 2.51. The first-order valence-electron chi connectivity index (χ1n) is 20.0. The summed E-state index contributed by atoms with van der Waals surface area (Å²) in [4.78, 5) is 46.1. The number of ether oxygens (including phenoxy) is 1. The largest absolute Gasteiger partial charge is 0.506 e. The lowest BCUT2D eigenvalue weighted by Crippen LogP contribution is -2.52. The third-order valence-corrected chi connectivity index (χ3v) is 14.0. The number of aromatic nitrogens is 4. The van der Waals surface area contributed by atoms with Crippen molar-refractivity contribution in [2.24, 2.45) is 5.41 Å². The summed E-state index contributed by atoms with van der Waals surface area (Å²) in [6.07, 6.45) is 3.74. The molecular weight excluding hydrogens is 791 g/mol. The number of benzene rings is 2. The van der Waals surface area contributed by atoms with E-state index in [1.165, 1.54) is 34.8 Å². The number of pyridine rings is 1. The number of carbonyl (C=O) groups excluding carboxylic acids is 2. The third-order valence-electron chi connectivity index (χ3n) is 12.0. The zero-order chi connectivity index (χ0) is 41.1. The fraction of sp³-hybridized carbons (Fsp3) is 0.419. The number of phenols is 1. The first-order chi connectivity index (χ1) is 28.5. The molecule has 310 valence electrons. The van der Waals surface area contributed by atoms with Crippen molar-refractivity contribution in [3.63, 3.8) is 0 Å². The van der Waals surface area contributed by atoms with E-state index in [9.17, 15) is 29.7 Å². The van der Waals surface area contributed by atoms with E-state index in [2.05, 4.69) is 25.5 Å². The van der Waals surface area contributed by atoms with Crippen LogP contribution in [0.4, 0.5) is 0 Å². The van der Waals surface area contributed by atoms with Crippen molar-refractivity contribution in [2.45, 2.75) is 69.4 Å². The summed E-state index contributed by atoms with van der Waals surface area (Å²) in [5, 5.41) is 48.9. The van der Waals surface area contributed by atoms with Crippen LogP contribution in [0.15, 0.2) is 82.3 Å². The molecule has 8 rings (SSSR count). The van der Waals surface area contributed by atoms with Gasteiger partial charge in [-0.3, -0.25) is 9.59 Å². The summed E-state index contributed by atoms with van der Waals surface area (Å²) in [6, 6.07) is 19.3. The predicted molar refractivity (Wildman–Crippen MR) is 226 cm³/mol. The number of aliphatic hydroxyl groups excluding tert-OH is 1. The Morgan fingerprint density at radius 3 is 2.51 bits per heavy atom. The van der Waals surface area contributed by atoms with Gasteiger partial charge < -0.3 is 40.2 Å². The van der Waals surface area contributed by atoms with Gasteiger partial charge in [-0.25, -0.2) is 9.48 Å². The molecule has 0 bridgehead atoms. The van der Waals surface area contributed by atoms with Gasteiger partial charge in [0.05, 0.1) is 26.9 Å². The van der Waals surface area contributed by atoms with Crippen LogP contribution in [0.2, 0.25) is 0 Å². The third kappa shape index (κ3) is 8.69. The number of aromatic hydroxyl groups is 1. The number of phenolic OH excluding ortho intramolecular Hbond substituents is 1. The monoisotopic (exact) mass is 839 g/mol. The molecule has 0 unspecified atom stereocenters. The minimum absolute atomic E-state index is 0.0495. The fourth-order valence-corrected chi connectivity index (χ4v) is 10.2. The first-order valence-corrected chi connectivity index (χ1v) is 21.8. The Labute approximate surface area is 349 Å². The molecule has 1 amide bonds. The van der Waals surface area contributed by atoms with Crippen molar-refractivity contribution in [3.8, 4) is 5.75 Å². The van der Waals surface area contributed by atoms with Gasteiger partial charge in [0.1, 0.15) is 17.4 Å². The van der Waals surface area contributed by atoms with Crippen molar-refractivity contribution in [1.82, 2.24) is 35.1 Å². The molecule has 1 saturated heterocycles. The van der Waals surface area contributed by atoms with Crippen LogP contribution in [-0.4, -0.2) is 103 Å². The smallest absolute Gasteiger partial charge is 0.349 e. The first kappa shape index (κ1) is 40.8. The minimum Gasteiger partial charge on any atom is -0.506 e. The number of nitrogens with zero attached hydrogens (tertiary/aromatic N) is 5. The zero-order valence-electron chi connectivity index (χ0n) is 32.9. The average Bonchev–Trinajstić information content (AvgIpc) is 4.04. The van der Waals surface area contributed by atoms with Crippen LogP contribution in [0, 0.1) is 5.41 Å². The number of aryl methyl sites for hydroxylation is 1. The second-order valence-electron chi connectivity index (χ2n) is 15.9. The number of thiophene rings is 2. The molecule has 1 spiro atoms. The maximum Gasteiger partial charge on any atom is 0.349 e. The number of hydrogen-bond acceptors (Lipinski definition) is 13. The summed E-state index contributed by atoms with van der Waals surface area (Å²) in [5.41, 5.74) is 1.60. The number of fused-ring (bicyclic) bond motifs is 2. The molecule has 2 aromatic carbocycles. The van der Waals surface area contributed by atoms with Crippen molar-refractivity contribution in [2.75, 3.05) is 39.8 Å². The Kier molecular flexibility index (Phi) is 12.0. The highest BCUT2D eigenvalue weighted by atomic mass is 32.1. The lowest BCUT2D eigenvalue weighted by atomic mass is 9.61. The molecule has 1 aliphatic heterocycles. The van der Waals surface area contributed by atoms with E-state index in [-0.39, 0.29) is 35.3 Å². The lowest BCUT2D eigenvalue weighted by molar-refractivity contribution is -0.181. The van der Waals surface area contributed by atoms with Crippen LogP contribution in [0.5, 0.6) is 5.75 Å². The predicted octanol–water partition coefficient (Wildman–Crippen LogP) is 4.89. The molecular formula is C43H49N7O7S2. The van der Waals surface area contributed by atoms with Gasteiger partial charge in [-0.1, -0.05) is 29.5 Å². The second-order valence-corrected chi connectivity index (χ2v) is 17.8. The van der Waals surface area contributed by atoms with E-state index < -0.39 is 17.7 Å². The van der Waals surface area contributed by atoms with E-state index >= 15 is 0 Å². The number of nitrogens with one attached hydrogen (secondary N) is 2. The van der Waals surface area contributed by atoms with Gasteiger partial charge >= 0.3 is 5.97 Å². The van der Waals surface area contributed by atoms with Crippen molar-refractivity contribution < 1.29 is 29.6 Å². The number of aliphatic hydroxyl groups is 2. The van der Waals surface area contributed by atoms with E-state index in [4.69, 9.17) is 4.74 Å². The van der Waals surface area contributed by atoms with Gasteiger partial charge in [0.2, 0.25) is 17.1 Å². The van der Waals surface area contributed by atoms with Crippen LogP contribution in [0.25, 0.3) is 21.9 Å². The summed E-state index contributed by atoms with van der Waals surface area (Å²) in [5.74, 6) is -0.537. The molecule has 1 aliphatic carbocycles. The van der Waals surface area contributed by atoms with E-state index in [0.717, 1.165) is 61.8 Å². The Bertz CT molecular complexity index is 2420. The molecule has 59 heavy (non-hydrogen) atoms. The summed E-state index contributed by atoms with van der Waals surface area (Å²) in [7, 11) is 1.85. The van der Waals surface area contributed by atoms with Crippen LogP contribution >= 0.6 is 22.7 Å². The zero-order valence-corrected chi connectivity index (χ0v) is 34.5. The summed E-state index contributed by atoms with van der Waals surface area (Å²) >= 11 is 2.69. The number of amides is 1. The number of piperidine rings is 1. The number of esters is 1. The Balaban J connectivity index is 0.732. The minimum atomic E-state index is -1.78. The normalized spacial score (nSPS) is 16.4. The van der Waals surface area contributed by atoms with Crippen molar-refractivity contribution >= 4 is 56.5 Å². The van der Waals surface area contributed by atoms with Gasteiger partial charge in [0.25, 0.3) is 0 Å². The van der Waals surface area contributed by atoms with Gasteiger partial charge in [0.15, 0.2) is 0 Å². The van der Waals surface area contributed by atoms with Crippen molar-refractivity contribution in [1.29, 1.82) is 0 Å². The SMILES string of the molecule is CN(CCCn1nnc2cc(CNC[C@H](O)c3ccc(O)c4[nH]c(=O)ccc34)ccc21)C(=O)CCN1CCC2(CC1)CC(OC(=O)C(O)(c1cccs1)c1cccs1)C2. The molecule has 14 nitrogen and oxygen atoms in total. The fourth-order valence-electron chi connectivity index (χ4n) is 8.51. The number of aromatic amines is 1. The average molecular weight is 840 g/mol. The maximum absolute atomic E-state index is 13.4. The highest BCUT2D eigenvalue weighted by molar-refractivity contribution is 7.12. The number of carbonyl (C=O) groups is 2. The van der Waals surface area contributed by atoms with Gasteiger partial charge in [-0.05, 0) is 109 Å². The molecule has 4 aromatic heterocycles. The molecule has 2 fully saturated rings. The number of hydrogen-bond donors (Lipinski definition) is 5. The molecule has 16 heteroatoms. The summed E-state index contributed by atoms with van der Waals surface area (Å²) < 4.78 is 7.78. The van der Waals surface area contributed by atoms with Crippen LogP contribution in [0.3, 0.4) is 0 Å². The molecule has 1 saturated carbocycles. The number of H-pyrrole nitrogens is 1. The Morgan fingerprint density at radius 2 is 1.80 bits per heavy atom. The molecule has 1 atom stereocenters. The molecule has 5 heterocycles. The quantitative estimate of drug-likeness (QED) is 0.0837. The summed E-state index contributed by atoms with van der Waals surface area (Å²) in [6.45, 7) is 4.51. The topological polar surface area (TPSA) is 186 Å². The van der Waals surface area contributed by atoms with Gasteiger partial charge in [-0.2, -0.15) is 0 Å². The second kappa shape index (κ2) is 17.3. The molecule has 0 radical (unpaired) electrons. The van der Waals surface area contributed by atoms with Crippen LogP contribution in [-0.2, 0) is 33.0 Å². The lowest BCUT2D eigenvalue weighted by Gasteiger charge is -2.51. The number of likely N-dealkylation sites (tertiary alicyclic amines) is 1. The standard InChI is InChI=1S/C43H49N7O7S2/c1-48(39(54)13-18-49-19-14-42(15-20-49)24-29(25-42)57-41(55)43(56,36-5-2-21-58-36)37-6-3-22-59-37)16-4-17-50-33-10-7-28(23-32(33)46-47-50)26-44-27-35(52)30-8-11-34(51)40-31(30)9-12-38(53)45-40/h2-3,5-12,21-23,29,35,44,51-52,56H,4,13-20,24-27H2,1H3,(H,45,53)/t35-/m0/s1. The van der Waals surface area contributed by atoms with Gasteiger partial charge in [-0.15, -0.1) is 27.8 Å².